The van der Waals surface area contributed by atoms with Gasteiger partial charge in [0, 0.05) is 35.4 Å². The van der Waals surface area contributed by atoms with Crippen LogP contribution in [0.5, 0.6) is 0 Å². The van der Waals surface area contributed by atoms with Gasteiger partial charge in [0.15, 0.2) is 0 Å². The first-order valence-corrected chi connectivity index (χ1v) is 7.53. The number of methoxy groups -OCH3 is 4. The molecule has 1 saturated heterocycles. The topological polar surface area (TPSA) is 78.8 Å². The SMILES string of the molecule is COC[C@H]1[C@@H](OC)[C@H](OC)[C@H](COC)N1/N=C/C(C)OC(C)=O. The molecule has 134 valence electrons. The van der Waals surface area contributed by atoms with E-state index in [4.69, 9.17) is 23.7 Å². The molecule has 0 spiro atoms. The molecule has 0 aliphatic carbocycles. The molecule has 0 amide bonds. The zero-order chi connectivity index (χ0) is 17.4. The molecule has 0 aromatic rings. The Kier molecular flexibility index (Phi) is 8.46. The van der Waals surface area contributed by atoms with Gasteiger partial charge in [0.1, 0.15) is 18.3 Å². The predicted molar refractivity (Wildman–Crippen MR) is 84.5 cm³/mol. The fourth-order valence-corrected chi connectivity index (χ4v) is 2.89. The molecule has 8 nitrogen and oxygen atoms in total. The highest BCUT2D eigenvalue weighted by Gasteiger charge is 2.49. The predicted octanol–water partition coefficient (Wildman–Crippen LogP) is 0.299. The second-order valence-electron chi connectivity index (χ2n) is 5.41. The molecule has 0 radical (unpaired) electrons. The third kappa shape index (κ3) is 5.13. The van der Waals surface area contributed by atoms with Crippen LogP contribution in [0.25, 0.3) is 0 Å². The zero-order valence-electron chi connectivity index (χ0n) is 14.7. The Labute approximate surface area is 137 Å². The maximum Gasteiger partial charge on any atom is 0.303 e. The molecule has 0 aromatic carbocycles. The van der Waals surface area contributed by atoms with Crippen molar-refractivity contribution in [2.75, 3.05) is 41.7 Å². The van der Waals surface area contributed by atoms with Crippen LogP contribution in [0.4, 0.5) is 0 Å². The van der Waals surface area contributed by atoms with Crippen molar-refractivity contribution < 1.29 is 28.5 Å². The molecule has 0 N–H and O–H groups in total. The van der Waals surface area contributed by atoms with E-state index in [1.807, 2.05) is 5.01 Å². The third-order valence-corrected chi connectivity index (χ3v) is 3.74. The van der Waals surface area contributed by atoms with Crippen LogP contribution >= 0.6 is 0 Å². The van der Waals surface area contributed by atoms with Crippen molar-refractivity contribution >= 4 is 12.2 Å². The summed E-state index contributed by atoms with van der Waals surface area (Å²) in [5.74, 6) is -0.350. The number of hydrazone groups is 1. The molecule has 0 bridgehead atoms. The lowest BCUT2D eigenvalue weighted by Crippen LogP contribution is -2.40. The molecule has 5 atom stereocenters. The van der Waals surface area contributed by atoms with Crippen LogP contribution in [0.15, 0.2) is 5.10 Å². The number of hydrogen-bond donors (Lipinski definition) is 0. The summed E-state index contributed by atoms with van der Waals surface area (Å²) in [7, 11) is 6.53. The van der Waals surface area contributed by atoms with E-state index in [-0.39, 0.29) is 30.3 Å². The molecular formula is C15H28N2O6. The molecule has 23 heavy (non-hydrogen) atoms. The van der Waals surface area contributed by atoms with E-state index in [2.05, 4.69) is 5.10 Å². The molecular weight excluding hydrogens is 304 g/mol. The molecule has 1 aliphatic heterocycles. The summed E-state index contributed by atoms with van der Waals surface area (Å²) >= 11 is 0. The highest BCUT2D eigenvalue weighted by atomic mass is 16.5. The third-order valence-electron chi connectivity index (χ3n) is 3.74. The van der Waals surface area contributed by atoms with Crippen molar-refractivity contribution in [1.82, 2.24) is 5.01 Å². The maximum absolute atomic E-state index is 11.0. The van der Waals surface area contributed by atoms with E-state index in [0.717, 1.165) is 0 Å². The average Bonchev–Trinajstić information content (AvgIpc) is 2.77. The molecule has 8 heteroatoms. The summed E-state index contributed by atoms with van der Waals surface area (Å²) in [6.45, 7) is 3.97. The van der Waals surface area contributed by atoms with E-state index >= 15 is 0 Å². The van der Waals surface area contributed by atoms with Crippen LogP contribution in [-0.4, -0.2) is 89.2 Å². The van der Waals surface area contributed by atoms with Gasteiger partial charge in [-0.3, -0.25) is 9.80 Å². The van der Waals surface area contributed by atoms with Crippen molar-refractivity contribution in [2.45, 2.75) is 44.2 Å². The lowest BCUT2D eigenvalue weighted by molar-refractivity contribution is -0.142. The Bertz CT molecular complexity index is 372. The van der Waals surface area contributed by atoms with Crippen molar-refractivity contribution in [1.29, 1.82) is 0 Å². The van der Waals surface area contributed by atoms with E-state index in [9.17, 15) is 4.79 Å². The fraction of sp³-hybridized carbons (Fsp3) is 0.867. The Morgan fingerprint density at radius 2 is 1.57 bits per heavy atom. The minimum Gasteiger partial charge on any atom is -0.457 e. The van der Waals surface area contributed by atoms with Crippen molar-refractivity contribution in [2.24, 2.45) is 5.10 Å². The minimum absolute atomic E-state index is 0.129. The highest BCUT2D eigenvalue weighted by Crippen LogP contribution is 2.30. The molecule has 1 fully saturated rings. The largest absolute Gasteiger partial charge is 0.457 e. The van der Waals surface area contributed by atoms with Gasteiger partial charge in [-0.25, -0.2) is 0 Å². The van der Waals surface area contributed by atoms with Crippen LogP contribution in [-0.2, 0) is 28.5 Å². The van der Waals surface area contributed by atoms with E-state index < -0.39 is 6.10 Å². The van der Waals surface area contributed by atoms with Crippen LogP contribution in [0, 0.1) is 0 Å². The van der Waals surface area contributed by atoms with E-state index in [1.54, 1.807) is 41.6 Å². The summed E-state index contributed by atoms with van der Waals surface area (Å²) < 4.78 is 26.9. The summed E-state index contributed by atoms with van der Waals surface area (Å²) in [4.78, 5) is 11.0. The van der Waals surface area contributed by atoms with Crippen LogP contribution in [0.3, 0.4) is 0 Å². The summed E-state index contributed by atoms with van der Waals surface area (Å²) in [5.41, 5.74) is 0. The molecule has 1 heterocycles. The Balaban J connectivity index is 2.99. The monoisotopic (exact) mass is 332 g/mol. The number of hydrogen-bond acceptors (Lipinski definition) is 8. The quantitative estimate of drug-likeness (QED) is 0.444. The fourth-order valence-electron chi connectivity index (χ4n) is 2.89. The first-order valence-electron chi connectivity index (χ1n) is 7.53. The maximum atomic E-state index is 11.0. The van der Waals surface area contributed by atoms with E-state index in [1.165, 1.54) is 6.92 Å². The first-order chi connectivity index (χ1) is 11.0. The number of ether oxygens (including phenoxy) is 5. The normalized spacial score (nSPS) is 29.2. The Morgan fingerprint density at radius 3 is 1.91 bits per heavy atom. The van der Waals surface area contributed by atoms with Gasteiger partial charge >= 0.3 is 5.97 Å². The number of nitrogens with zero attached hydrogens (tertiary/aromatic N) is 2. The van der Waals surface area contributed by atoms with Gasteiger partial charge in [0.25, 0.3) is 0 Å². The van der Waals surface area contributed by atoms with Gasteiger partial charge in [-0.2, -0.15) is 5.10 Å². The average molecular weight is 332 g/mol. The standard InChI is InChI=1S/C15H28N2O6/c1-10(23-11(2)18)7-16-17-12(8-19-3)14(21-5)15(22-6)13(17)9-20-4/h7,10,12-15H,8-9H2,1-6H3/b16-7+/t10?,12-,13-,14+,15+/m0/s1. The number of carbonyl (C=O) groups excluding carboxylic acids is 1. The first kappa shape index (κ1) is 19.8. The van der Waals surface area contributed by atoms with Gasteiger partial charge in [-0.05, 0) is 6.92 Å². The summed E-state index contributed by atoms with van der Waals surface area (Å²) in [5, 5.41) is 6.34. The smallest absolute Gasteiger partial charge is 0.303 e. The van der Waals surface area contributed by atoms with E-state index in [0.29, 0.717) is 13.2 Å². The van der Waals surface area contributed by atoms with Crippen LogP contribution in [0.2, 0.25) is 0 Å². The van der Waals surface area contributed by atoms with Gasteiger partial charge < -0.3 is 23.7 Å². The van der Waals surface area contributed by atoms with Crippen LogP contribution < -0.4 is 0 Å². The summed E-state index contributed by atoms with van der Waals surface area (Å²) in [6, 6.07) is -0.258. The lowest BCUT2D eigenvalue weighted by atomic mass is 10.1. The molecule has 1 rings (SSSR count). The lowest BCUT2D eigenvalue weighted by Gasteiger charge is -2.27. The van der Waals surface area contributed by atoms with Crippen LogP contribution in [0.1, 0.15) is 13.8 Å². The second kappa shape index (κ2) is 9.82. The highest BCUT2D eigenvalue weighted by molar-refractivity contribution is 5.71. The van der Waals surface area contributed by atoms with Gasteiger partial charge in [-0.15, -0.1) is 0 Å². The molecule has 0 aromatic heterocycles. The van der Waals surface area contributed by atoms with Crippen molar-refractivity contribution in [3.8, 4) is 0 Å². The Morgan fingerprint density at radius 1 is 1.09 bits per heavy atom. The van der Waals surface area contributed by atoms with Gasteiger partial charge in [-0.1, -0.05) is 0 Å². The molecule has 1 unspecified atom stereocenters. The zero-order valence-corrected chi connectivity index (χ0v) is 14.7. The number of carbonyl (C=O) groups is 1. The number of esters is 1. The van der Waals surface area contributed by atoms with Gasteiger partial charge in [0.2, 0.25) is 0 Å². The molecule has 1 aliphatic rings. The van der Waals surface area contributed by atoms with Gasteiger partial charge in [0.05, 0.1) is 31.5 Å². The van der Waals surface area contributed by atoms with Crippen molar-refractivity contribution in [3.63, 3.8) is 0 Å². The molecule has 0 saturated carbocycles. The minimum atomic E-state index is -0.429. The second-order valence-corrected chi connectivity index (χ2v) is 5.41. The Hall–Kier alpha value is -1.22. The summed E-state index contributed by atoms with van der Waals surface area (Å²) in [6.07, 6.45) is 0.737. The van der Waals surface area contributed by atoms with Crippen molar-refractivity contribution in [3.05, 3.63) is 0 Å². The number of rotatable bonds is 9.